The summed E-state index contributed by atoms with van der Waals surface area (Å²) in [6, 6.07) is 9.20. The van der Waals surface area contributed by atoms with E-state index >= 15 is 0 Å². The molecule has 0 radical (unpaired) electrons. The minimum Gasteiger partial charge on any atom is -0.484 e. The SMILES string of the molecule is CNC(=O)C1CCCN1C(=O)CNC(=O)COc1cccc(NC(=O)c2ccco2)c1. The highest BCUT2D eigenvalue weighted by molar-refractivity contribution is 6.02. The van der Waals surface area contributed by atoms with Gasteiger partial charge in [0.2, 0.25) is 11.8 Å². The van der Waals surface area contributed by atoms with Gasteiger partial charge in [-0.25, -0.2) is 0 Å². The lowest BCUT2D eigenvalue weighted by Gasteiger charge is -2.23. The van der Waals surface area contributed by atoms with E-state index in [0.717, 1.165) is 6.42 Å². The summed E-state index contributed by atoms with van der Waals surface area (Å²) in [5.41, 5.74) is 0.476. The predicted octanol–water partition coefficient (Wildman–Crippen LogP) is 0.764. The van der Waals surface area contributed by atoms with Gasteiger partial charge in [-0.15, -0.1) is 0 Å². The average molecular weight is 428 g/mol. The van der Waals surface area contributed by atoms with Gasteiger partial charge in [0.15, 0.2) is 12.4 Å². The van der Waals surface area contributed by atoms with Gasteiger partial charge in [0, 0.05) is 25.3 Å². The maximum Gasteiger partial charge on any atom is 0.291 e. The van der Waals surface area contributed by atoms with E-state index in [0.29, 0.717) is 24.4 Å². The monoisotopic (exact) mass is 428 g/mol. The van der Waals surface area contributed by atoms with Crippen molar-refractivity contribution in [3.05, 3.63) is 48.4 Å². The van der Waals surface area contributed by atoms with Crippen LogP contribution in [0.4, 0.5) is 5.69 Å². The Labute approximate surface area is 178 Å². The van der Waals surface area contributed by atoms with Crippen LogP contribution in [0.1, 0.15) is 23.4 Å². The van der Waals surface area contributed by atoms with Crippen LogP contribution in [0.3, 0.4) is 0 Å². The van der Waals surface area contributed by atoms with Crippen LogP contribution in [0, 0.1) is 0 Å². The van der Waals surface area contributed by atoms with Crippen LogP contribution >= 0.6 is 0 Å². The summed E-state index contributed by atoms with van der Waals surface area (Å²) >= 11 is 0. The van der Waals surface area contributed by atoms with Crippen LogP contribution < -0.4 is 20.7 Å². The second-order valence-electron chi connectivity index (χ2n) is 6.88. The number of nitrogens with zero attached hydrogens (tertiary/aromatic N) is 1. The highest BCUT2D eigenvalue weighted by Gasteiger charge is 2.33. The zero-order chi connectivity index (χ0) is 22.2. The first kappa shape index (κ1) is 21.9. The molecule has 1 atom stereocenters. The Morgan fingerprint density at radius 1 is 1.19 bits per heavy atom. The van der Waals surface area contributed by atoms with Crippen molar-refractivity contribution in [2.75, 3.05) is 32.1 Å². The summed E-state index contributed by atoms with van der Waals surface area (Å²) in [7, 11) is 1.53. The molecule has 164 valence electrons. The molecule has 2 aromatic rings. The summed E-state index contributed by atoms with van der Waals surface area (Å²) in [5.74, 6) is -0.865. The van der Waals surface area contributed by atoms with Crippen LogP contribution in [0.25, 0.3) is 0 Å². The van der Waals surface area contributed by atoms with Crippen LogP contribution in [0.2, 0.25) is 0 Å². The number of anilines is 1. The van der Waals surface area contributed by atoms with Gasteiger partial charge in [-0.05, 0) is 37.1 Å². The Morgan fingerprint density at radius 3 is 2.77 bits per heavy atom. The Bertz CT molecular complexity index is 943. The zero-order valence-electron chi connectivity index (χ0n) is 17.1. The molecule has 31 heavy (non-hydrogen) atoms. The van der Waals surface area contributed by atoms with Crippen molar-refractivity contribution in [1.29, 1.82) is 0 Å². The number of ether oxygens (including phenoxy) is 1. The highest BCUT2D eigenvalue weighted by atomic mass is 16.5. The molecule has 3 N–H and O–H groups in total. The molecule has 1 fully saturated rings. The third-order valence-electron chi connectivity index (χ3n) is 4.77. The van der Waals surface area contributed by atoms with E-state index in [1.807, 2.05) is 0 Å². The number of benzene rings is 1. The molecule has 10 nitrogen and oxygen atoms in total. The molecule has 3 rings (SSSR count). The Balaban J connectivity index is 1.45. The van der Waals surface area contributed by atoms with Crippen LogP contribution in [-0.2, 0) is 14.4 Å². The molecule has 1 unspecified atom stereocenters. The Kier molecular flexibility index (Phi) is 7.26. The largest absolute Gasteiger partial charge is 0.484 e. The lowest BCUT2D eigenvalue weighted by Crippen LogP contribution is -2.48. The third-order valence-corrected chi connectivity index (χ3v) is 4.77. The Hall–Kier alpha value is -3.82. The number of nitrogens with one attached hydrogen (secondary N) is 3. The van der Waals surface area contributed by atoms with Gasteiger partial charge in [-0.3, -0.25) is 19.2 Å². The first-order valence-electron chi connectivity index (χ1n) is 9.83. The van der Waals surface area contributed by atoms with E-state index in [1.165, 1.54) is 18.2 Å². The van der Waals surface area contributed by atoms with Gasteiger partial charge < -0.3 is 30.0 Å². The zero-order valence-corrected chi connectivity index (χ0v) is 17.1. The molecule has 0 saturated carbocycles. The molecule has 1 aliphatic heterocycles. The Morgan fingerprint density at radius 2 is 2.03 bits per heavy atom. The van der Waals surface area contributed by atoms with Crippen molar-refractivity contribution in [3.63, 3.8) is 0 Å². The number of hydrogen-bond acceptors (Lipinski definition) is 6. The molecule has 1 aromatic carbocycles. The quantitative estimate of drug-likeness (QED) is 0.569. The topological polar surface area (TPSA) is 130 Å². The molecule has 0 spiro atoms. The van der Waals surface area contributed by atoms with Gasteiger partial charge in [0.1, 0.15) is 11.8 Å². The summed E-state index contributed by atoms with van der Waals surface area (Å²) in [4.78, 5) is 49.7. The van der Waals surface area contributed by atoms with Gasteiger partial charge in [-0.2, -0.15) is 0 Å². The highest BCUT2D eigenvalue weighted by Crippen LogP contribution is 2.19. The van der Waals surface area contributed by atoms with Gasteiger partial charge in [0.05, 0.1) is 12.8 Å². The molecule has 10 heteroatoms. The molecular weight excluding hydrogens is 404 g/mol. The lowest BCUT2D eigenvalue weighted by molar-refractivity contribution is -0.138. The fraction of sp³-hybridized carbons (Fsp3) is 0.333. The smallest absolute Gasteiger partial charge is 0.291 e. The standard InChI is InChI=1S/C21H24N4O6/c1-22-20(28)16-7-3-9-25(16)19(27)12-23-18(26)13-31-15-6-2-5-14(11-15)24-21(29)17-8-4-10-30-17/h2,4-6,8,10-11,16H,3,7,9,12-13H2,1H3,(H,22,28)(H,23,26)(H,24,29). The number of hydrogen-bond donors (Lipinski definition) is 3. The van der Waals surface area contributed by atoms with Crippen LogP contribution in [0.5, 0.6) is 5.75 Å². The van der Waals surface area contributed by atoms with E-state index in [9.17, 15) is 19.2 Å². The van der Waals surface area contributed by atoms with Crippen molar-refractivity contribution in [2.24, 2.45) is 0 Å². The molecule has 4 amide bonds. The first-order chi connectivity index (χ1) is 15.0. The first-order valence-corrected chi connectivity index (χ1v) is 9.83. The normalized spacial score (nSPS) is 15.3. The molecule has 1 aromatic heterocycles. The van der Waals surface area contributed by atoms with E-state index in [4.69, 9.17) is 9.15 Å². The molecule has 0 bridgehead atoms. The van der Waals surface area contributed by atoms with Crippen molar-refractivity contribution < 1.29 is 28.3 Å². The molecule has 1 aliphatic rings. The molecule has 1 saturated heterocycles. The summed E-state index contributed by atoms with van der Waals surface area (Å²) in [6.45, 7) is -0.0313. The maximum absolute atomic E-state index is 12.3. The third kappa shape index (κ3) is 5.84. The van der Waals surface area contributed by atoms with E-state index in [1.54, 1.807) is 36.4 Å². The number of amides is 4. The lowest BCUT2D eigenvalue weighted by atomic mass is 10.2. The summed E-state index contributed by atoms with van der Waals surface area (Å²) in [6.07, 6.45) is 2.75. The van der Waals surface area contributed by atoms with Crippen molar-refractivity contribution in [3.8, 4) is 5.75 Å². The van der Waals surface area contributed by atoms with Crippen molar-refractivity contribution in [1.82, 2.24) is 15.5 Å². The average Bonchev–Trinajstić information content (AvgIpc) is 3.48. The fourth-order valence-electron chi connectivity index (χ4n) is 3.24. The van der Waals surface area contributed by atoms with Crippen LogP contribution in [-0.4, -0.2) is 61.3 Å². The van der Waals surface area contributed by atoms with Crippen molar-refractivity contribution in [2.45, 2.75) is 18.9 Å². The second-order valence-corrected chi connectivity index (χ2v) is 6.88. The molecule has 0 aliphatic carbocycles. The van der Waals surface area contributed by atoms with Crippen molar-refractivity contribution >= 4 is 29.3 Å². The van der Waals surface area contributed by atoms with E-state index in [-0.39, 0.29) is 30.7 Å². The summed E-state index contributed by atoms with van der Waals surface area (Å²) < 4.78 is 10.5. The number of carbonyl (C=O) groups is 4. The van der Waals surface area contributed by atoms with E-state index < -0.39 is 17.9 Å². The maximum atomic E-state index is 12.3. The van der Waals surface area contributed by atoms with Gasteiger partial charge >= 0.3 is 0 Å². The molecular formula is C21H24N4O6. The second kappa shape index (κ2) is 10.3. The van der Waals surface area contributed by atoms with Gasteiger partial charge in [0.25, 0.3) is 11.8 Å². The predicted molar refractivity (Wildman–Crippen MR) is 110 cm³/mol. The number of furan rings is 1. The minimum absolute atomic E-state index is 0.173. The van der Waals surface area contributed by atoms with E-state index in [2.05, 4.69) is 16.0 Å². The van der Waals surface area contributed by atoms with Gasteiger partial charge in [-0.1, -0.05) is 6.07 Å². The molecule has 2 heterocycles. The fourth-order valence-corrected chi connectivity index (χ4v) is 3.24. The number of likely N-dealkylation sites (tertiary alicyclic amines) is 1. The minimum atomic E-state index is -0.496. The van der Waals surface area contributed by atoms with Crippen LogP contribution in [0.15, 0.2) is 47.1 Å². The number of carbonyl (C=O) groups excluding carboxylic acids is 4. The number of likely N-dealkylation sites (N-methyl/N-ethyl adjacent to an activating group) is 1. The number of rotatable bonds is 8. The summed E-state index contributed by atoms with van der Waals surface area (Å²) in [5, 5.41) is 7.72.